The Balaban J connectivity index is 2.15. The van der Waals surface area contributed by atoms with Gasteiger partial charge < -0.3 is 9.47 Å². The molecule has 0 atom stereocenters. The van der Waals surface area contributed by atoms with Crippen LogP contribution in [0.5, 0.6) is 11.5 Å². The lowest BCUT2D eigenvalue weighted by atomic mass is 9.98. The van der Waals surface area contributed by atoms with Gasteiger partial charge in [-0.25, -0.2) is 0 Å². The first-order valence-electron chi connectivity index (χ1n) is 6.38. The smallest absolute Gasteiger partial charge is 0.165 e. The van der Waals surface area contributed by atoms with Crippen LogP contribution in [-0.2, 0) is 6.42 Å². The lowest BCUT2D eigenvalue weighted by Gasteiger charge is -2.23. The fourth-order valence-corrected chi connectivity index (χ4v) is 2.11. The summed E-state index contributed by atoms with van der Waals surface area (Å²) < 4.78 is 11.9. The molecule has 1 aliphatic heterocycles. The summed E-state index contributed by atoms with van der Waals surface area (Å²) in [7, 11) is 0. The lowest BCUT2D eigenvalue weighted by molar-refractivity contribution is 0.127. The summed E-state index contributed by atoms with van der Waals surface area (Å²) in [4.78, 5) is 0. The normalized spacial score (nSPS) is 17.2. The molecule has 1 aromatic rings. The lowest BCUT2D eigenvalue weighted by Crippen LogP contribution is -2.25. The van der Waals surface area contributed by atoms with Gasteiger partial charge in [0.1, 0.15) is 5.60 Å². The Morgan fingerprint density at radius 2 is 2.11 bits per heavy atom. The Bertz CT molecular complexity index is 438. The van der Waals surface area contributed by atoms with E-state index in [2.05, 4.69) is 46.4 Å². The predicted molar refractivity (Wildman–Crippen MR) is 78.0 cm³/mol. The largest absolute Gasteiger partial charge is 0.489 e. The molecule has 0 aromatic heterocycles. The predicted octanol–water partition coefficient (Wildman–Crippen LogP) is 3.73. The van der Waals surface area contributed by atoms with Gasteiger partial charge in [0.2, 0.25) is 0 Å². The van der Waals surface area contributed by atoms with Crippen LogP contribution in [0.3, 0.4) is 0 Å². The summed E-state index contributed by atoms with van der Waals surface area (Å²) in [5.41, 5.74) is 1.18. The van der Waals surface area contributed by atoms with Crippen LogP contribution >= 0.6 is 12.6 Å². The van der Waals surface area contributed by atoms with Gasteiger partial charge in [-0.15, -0.1) is 0 Å². The topological polar surface area (TPSA) is 18.5 Å². The fourth-order valence-electron chi connectivity index (χ4n) is 2.02. The third-order valence-corrected chi connectivity index (χ3v) is 3.96. The highest BCUT2D eigenvalue weighted by atomic mass is 32.1. The zero-order valence-corrected chi connectivity index (χ0v) is 12.5. The van der Waals surface area contributed by atoms with Crippen molar-refractivity contribution >= 4 is 12.6 Å². The molecule has 0 aliphatic carbocycles. The van der Waals surface area contributed by atoms with E-state index in [9.17, 15) is 0 Å². The minimum atomic E-state index is -0.124. The minimum Gasteiger partial charge on any atom is -0.489 e. The second kappa shape index (κ2) is 4.69. The molecule has 0 saturated heterocycles. The zero-order valence-electron chi connectivity index (χ0n) is 11.6. The van der Waals surface area contributed by atoms with Gasteiger partial charge in [0.15, 0.2) is 11.5 Å². The Hall–Kier alpha value is -0.830. The number of benzene rings is 1. The number of rotatable bonds is 4. The Labute approximate surface area is 115 Å². The van der Waals surface area contributed by atoms with Gasteiger partial charge in [0.05, 0.1) is 6.61 Å². The van der Waals surface area contributed by atoms with Gasteiger partial charge >= 0.3 is 0 Å². The maximum absolute atomic E-state index is 5.98. The van der Waals surface area contributed by atoms with E-state index in [0.29, 0.717) is 6.61 Å². The summed E-state index contributed by atoms with van der Waals surface area (Å²) in [6.45, 7) is 9.15. The van der Waals surface area contributed by atoms with Crippen molar-refractivity contribution in [1.29, 1.82) is 0 Å². The number of para-hydroxylation sites is 1. The van der Waals surface area contributed by atoms with Crippen molar-refractivity contribution < 1.29 is 9.47 Å². The number of hydrogen-bond donors (Lipinski definition) is 1. The molecule has 0 radical (unpaired) electrons. The van der Waals surface area contributed by atoms with Gasteiger partial charge in [-0.05, 0) is 25.7 Å². The molecule has 0 bridgehead atoms. The molecule has 1 aliphatic rings. The second-order valence-electron chi connectivity index (χ2n) is 6.39. The van der Waals surface area contributed by atoms with Crippen molar-refractivity contribution in [3.63, 3.8) is 0 Å². The van der Waals surface area contributed by atoms with Gasteiger partial charge in [-0.3, -0.25) is 0 Å². The van der Waals surface area contributed by atoms with Crippen molar-refractivity contribution in [2.24, 2.45) is 5.41 Å². The molecule has 0 unspecified atom stereocenters. The summed E-state index contributed by atoms with van der Waals surface area (Å²) in [5, 5.41) is 0. The maximum Gasteiger partial charge on any atom is 0.165 e. The molecule has 2 nitrogen and oxygen atoms in total. The van der Waals surface area contributed by atoms with Gasteiger partial charge in [0.25, 0.3) is 0 Å². The molecule has 3 heteroatoms. The average molecular weight is 266 g/mol. The molecule has 0 amide bonds. The van der Waals surface area contributed by atoms with Gasteiger partial charge in [-0.2, -0.15) is 12.6 Å². The van der Waals surface area contributed by atoms with Crippen LogP contribution in [0.1, 0.15) is 33.3 Å². The standard InChI is InChI=1S/C15H22O2S/c1-14(2,10-18)9-16-12-7-5-6-11-8-15(3,4)17-13(11)12/h5-7,18H,8-10H2,1-4H3. The Morgan fingerprint density at radius 3 is 2.78 bits per heavy atom. The van der Waals surface area contributed by atoms with E-state index in [1.165, 1.54) is 5.56 Å². The third kappa shape index (κ3) is 2.94. The van der Waals surface area contributed by atoms with E-state index in [1.807, 2.05) is 12.1 Å². The maximum atomic E-state index is 5.98. The fraction of sp³-hybridized carbons (Fsp3) is 0.600. The molecule has 0 N–H and O–H groups in total. The molecule has 2 rings (SSSR count). The van der Waals surface area contributed by atoms with Crippen molar-refractivity contribution in [3.05, 3.63) is 23.8 Å². The van der Waals surface area contributed by atoms with Crippen molar-refractivity contribution in [1.82, 2.24) is 0 Å². The first-order chi connectivity index (χ1) is 8.33. The van der Waals surface area contributed by atoms with Crippen LogP contribution in [0.25, 0.3) is 0 Å². The van der Waals surface area contributed by atoms with E-state index >= 15 is 0 Å². The van der Waals surface area contributed by atoms with Crippen LogP contribution in [-0.4, -0.2) is 18.0 Å². The monoisotopic (exact) mass is 266 g/mol. The van der Waals surface area contributed by atoms with Crippen molar-refractivity contribution in [2.75, 3.05) is 12.4 Å². The zero-order chi connectivity index (χ0) is 13.4. The molecule has 18 heavy (non-hydrogen) atoms. The van der Waals surface area contributed by atoms with Gasteiger partial charge in [-0.1, -0.05) is 26.0 Å². The quantitative estimate of drug-likeness (QED) is 0.837. The van der Waals surface area contributed by atoms with Gasteiger partial charge in [0, 0.05) is 17.4 Å². The molecular weight excluding hydrogens is 244 g/mol. The molecule has 100 valence electrons. The van der Waals surface area contributed by atoms with Crippen LogP contribution in [0, 0.1) is 5.41 Å². The van der Waals surface area contributed by atoms with E-state index in [-0.39, 0.29) is 11.0 Å². The molecule has 1 aromatic carbocycles. The number of hydrogen-bond acceptors (Lipinski definition) is 3. The van der Waals surface area contributed by atoms with E-state index in [1.54, 1.807) is 0 Å². The highest BCUT2D eigenvalue weighted by Crippen LogP contribution is 2.42. The van der Waals surface area contributed by atoms with Crippen LogP contribution in [0.15, 0.2) is 18.2 Å². The molecule has 0 fully saturated rings. The molecule has 0 saturated carbocycles. The highest BCUT2D eigenvalue weighted by Gasteiger charge is 2.32. The number of thiol groups is 1. The molecule has 0 spiro atoms. The second-order valence-corrected chi connectivity index (χ2v) is 6.71. The van der Waals surface area contributed by atoms with Crippen LogP contribution in [0.2, 0.25) is 0 Å². The molecular formula is C15H22O2S. The SMILES string of the molecule is CC(C)(CS)COc1cccc2c1OC(C)(C)C2. The first-order valence-corrected chi connectivity index (χ1v) is 7.01. The van der Waals surface area contributed by atoms with Crippen molar-refractivity contribution in [2.45, 2.75) is 39.7 Å². The average Bonchev–Trinajstić information content (AvgIpc) is 2.60. The molecule has 1 heterocycles. The number of ether oxygens (including phenoxy) is 2. The Kier molecular flexibility index (Phi) is 3.54. The minimum absolute atomic E-state index is 0.0694. The highest BCUT2D eigenvalue weighted by molar-refractivity contribution is 7.80. The Morgan fingerprint density at radius 1 is 1.39 bits per heavy atom. The van der Waals surface area contributed by atoms with Crippen LogP contribution in [0.4, 0.5) is 0 Å². The van der Waals surface area contributed by atoms with E-state index in [0.717, 1.165) is 23.7 Å². The van der Waals surface area contributed by atoms with E-state index in [4.69, 9.17) is 9.47 Å². The summed E-state index contributed by atoms with van der Waals surface area (Å²) in [6.07, 6.45) is 0.940. The first kappa shape index (κ1) is 13.6. The third-order valence-electron chi connectivity index (χ3n) is 3.10. The summed E-state index contributed by atoms with van der Waals surface area (Å²) in [6, 6.07) is 6.13. The van der Waals surface area contributed by atoms with Crippen molar-refractivity contribution in [3.8, 4) is 11.5 Å². The number of fused-ring (bicyclic) bond motifs is 1. The summed E-state index contributed by atoms with van der Waals surface area (Å²) in [5.74, 6) is 2.57. The summed E-state index contributed by atoms with van der Waals surface area (Å²) >= 11 is 4.35. The van der Waals surface area contributed by atoms with Crippen LogP contribution < -0.4 is 9.47 Å². The van der Waals surface area contributed by atoms with E-state index < -0.39 is 0 Å².